The zero-order valence-corrected chi connectivity index (χ0v) is 11.4. The maximum atomic E-state index is 11.0. The van der Waals surface area contributed by atoms with Crippen LogP contribution in [0.3, 0.4) is 0 Å². The fraction of sp³-hybridized carbons (Fsp3) is 0.429. The van der Waals surface area contributed by atoms with Crippen LogP contribution in [0.1, 0.15) is 32.3 Å². The van der Waals surface area contributed by atoms with E-state index in [1.54, 1.807) is 0 Å². The maximum Gasteiger partial charge on any atom is 0.240 e. The molecule has 4 N–H and O–H groups in total. The summed E-state index contributed by atoms with van der Waals surface area (Å²) < 4.78 is 0. The zero-order chi connectivity index (χ0) is 13.9. The third-order valence-corrected chi connectivity index (χ3v) is 2.87. The molecule has 0 spiro atoms. The molecular formula is C14H20N4O. The highest BCUT2D eigenvalue weighted by molar-refractivity contribution is 6.04. The number of amides is 1. The summed E-state index contributed by atoms with van der Waals surface area (Å²) in [6, 6.07) is 8.00. The molecule has 0 fully saturated rings. The van der Waals surface area contributed by atoms with Gasteiger partial charge in [-0.05, 0) is 31.5 Å². The number of hydrogen-bond acceptors (Lipinski definition) is 4. The molecule has 1 heterocycles. The first-order valence-corrected chi connectivity index (χ1v) is 6.43. The van der Waals surface area contributed by atoms with E-state index in [-0.39, 0.29) is 11.4 Å². The Labute approximate surface area is 113 Å². The number of anilines is 1. The van der Waals surface area contributed by atoms with Crippen molar-refractivity contribution in [1.82, 2.24) is 5.43 Å². The largest absolute Gasteiger partial charge is 0.383 e. The van der Waals surface area contributed by atoms with Gasteiger partial charge in [0.05, 0.1) is 5.71 Å². The predicted molar refractivity (Wildman–Crippen MR) is 77.1 cm³/mol. The number of nitrogens with two attached hydrogens (primary N) is 1. The quantitative estimate of drug-likeness (QED) is 0.766. The van der Waals surface area contributed by atoms with E-state index in [2.05, 4.69) is 15.8 Å². The maximum absolute atomic E-state index is 11.0. The number of hydrogen-bond donors (Lipinski definition) is 3. The van der Waals surface area contributed by atoms with Gasteiger partial charge in [-0.1, -0.05) is 12.1 Å². The van der Waals surface area contributed by atoms with Crippen LogP contribution >= 0.6 is 0 Å². The third kappa shape index (κ3) is 4.06. The molecule has 102 valence electrons. The van der Waals surface area contributed by atoms with Crippen molar-refractivity contribution >= 4 is 17.3 Å². The Morgan fingerprint density at radius 1 is 1.32 bits per heavy atom. The van der Waals surface area contributed by atoms with Crippen LogP contribution in [0.4, 0.5) is 5.69 Å². The van der Waals surface area contributed by atoms with Gasteiger partial charge >= 0.3 is 0 Å². The van der Waals surface area contributed by atoms with Gasteiger partial charge in [0, 0.05) is 30.6 Å². The van der Waals surface area contributed by atoms with Crippen molar-refractivity contribution in [3.05, 3.63) is 29.8 Å². The Balaban J connectivity index is 2.00. The fourth-order valence-corrected chi connectivity index (χ4v) is 1.79. The number of benzene rings is 1. The van der Waals surface area contributed by atoms with E-state index in [4.69, 9.17) is 5.73 Å². The number of rotatable bonds is 4. The lowest BCUT2D eigenvalue weighted by molar-refractivity contribution is -0.121. The Bertz CT molecular complexity index is 485. The van der Waals surface area contributed by atoms with Crippen LogP contribution in [0.2, 0.25) is 0 Å². The Kier molecular flexibility index (Phi) is 3.85. The van der Waals surface area contributed by atoms with Crippen LogP contribution in [0.5, 0.6) is 0 Å². The molecular weight excluding hydrogens is 240 g/mol. The number of nitrogens with one attached hydrogen (secondary N) is 2. The van der Waals surface area contributed by atoms with Crippen LogP contribution in [-0.4, -0.2) is 23.7 Å². The van der Waals surface area contributed by atoms with Crippen LogP contribution in [0.15, 0.2) is 29.4 Å². The lowest BCUT2D eigenvalue weighted by Crippen LogP contribution is -2.39. The summed E-state index contributed by atoms with van der Waals surface area (Å²) >= 11 is 0. The van der Waals surface area contributed by atoms with Crippen LogP contribution in [0, 0.1) is 0 Å². The first kappa shape index (κ1) is 13.5. The molecule has 5 nitrogen and oxygen atoms in total. The zero-order valence-electron chi connectivity index (χ0n) is 11.4. The molecule has 0 atom stereocenters. The molecule has 1 aliphatic rings. The molecule has 1 aromatic carbocycles. The monoisotopic (exact) mass is 260 g/mol. The van der Waals surface area contributed by atoms with Crippen molar-refractivity contribution in [2.75, 3.05) is 11.9 Å². The molecule has 0 aromatic heterocycles. The number of carbonyl (C=O) groups excluding carboxylic acids is 1. The van der Waals surface area contributed by atoms with E-state index >= 15 is 0 Å². The lowest BCUT2D eigenvalue weighted by Gasteiger charge is -2.20. The summed E-state index contributed by atoms with van der Waals surface area (Å²) in [7, 11) is 0. The standard InChI is InChI=1S/C14H20N4O/c1-14(2,15)9-16-11-5-3-10(4-6-11)12-7-8-13(19)18-17-12/h3-6,16H,7-9,15H2,1-2H3,(H,18,19). The number of carbonyl (C=O) groups is 1. The third-order valence-electron chi connectivity index (χ3n) is 2.87. The van der Waals surface area contributed by atoms with Gasteiger partial charge in [0.15, 0.2) is 0 Å². The Morgan fingerprint density at radius 3 is 2.53 bits per heavy atom. The molecule has 1 aromatic rings. The summed E-state index contributed by atoms with van der Waals surface area (Å²) in [5.74, 6) is -0.0211. The van der Waals surface area contributed by atoms with Crippen LogP contribution < -0.4 is 16.5 Å². The van der Waals surface area contributed by atoms with Crippen molar-refractivity contribution in [1.29, 1.82) is 0 Å². The molecule has 0 saturated carbocycles. The smallest absolute Gasteiger partial charge is 0.240 e. The molecule has 19 heavy (non-hydrogen) atoms. The summed E-state index contributed by atoms with van der Waals surface area (Å²) in [6.07, 6.45) is 1.19. The molecule has 1 amide bonds. The first-order chi connectivity index (χ1) is 8.94. The Hall–Kier alpha value is -1.88. The average Bonchev–Trinajstić information content (AvgIpc) is 2.37. The van der Waals surface area contributed by atoms with E-state index in [9.17, 15) is 4.79 Å². The van der Waals surface area contributed by atoms with Gasteiger partial charge < -0.3 is 11.1 Å². The topological polar surface area (TPSA) is 79.5 Å². The average molecular weight is 260 g/mol. The predicted octanol–water partition coefficient (Wildman–Crippen LogP) is 1.45. The minimum absolute atomic E-state index is 0.0211. The Morgan fingerprint density at radius 2 is 2.00 bits per heavy atom. The number of hydrazone groups is 1. The molecule has 2 rings (SSSR count). The fourth-order valence-electron chi connectivity index (χ4n) is 1.79. The molecule has 1 aliphatic heterocycles. The molecule has 0 saturated heterocycles. The number of nitrogens with zero attached hydrogens (tertiary/aromatic N) is 1. The second-order valence-corrected chi connectivity index (χ2v) is 5.51. The van der Waals surface area contributed by atoms with Gasteiger partial charge in [-0.15, -0.1) is 0 Å². The lowest BCUT2D eigenvalue weighted by atomic mass is 10.0. The summed E-state index contributed by atoms with van der Waals surface area (Å²) in [6.45, 7) is 4.67. The van der Waals surface area contributed by atoms with Gasteiger partial charge in [0.25, 0.3) is 0 Å². The highest BCUT2D eigenvalue weighted by Gasteiger charge is 2.13. The van der Waals surface area contributed by atoms with Crippen molar-refractivity contribution < 1.29 is 4.79 Å². The SMILES string of the molecule is CC(C)(N)CNc1ccc(C2=NNC(=O)CC2)cc1. The highest BCUT2D eigenvalue weighted by Crippen LogP contribution is 2.14. The summed E-state index contributed by atoms with van der Waals surface area (Å²) in [5, 5.41) is 7.36. The highest BCUT2D eigenvalue weighted by atomic mass is 16.2. The molecule has 5 heteroatoms. The molecule has 0 aliphatic carbocycles. The van der Waals surface area contributed by atoms with Gasteiger partial charge in [-0.25, -0.2) is 5.43 Å². The van der Waals surface area contributed by atoms with E-state index in [1.165, 1.54) is 0 Å². The minimum atomic E-state index is -0.240. The molecule has 0 bridgehead atoms. The van der Waals surface area contributed by atoms with Gasteiger partial charge in [-0.2, -0.15) is 5.10 Å². The van der Waals surface area contributed by atoms with E-state index < -0.39 is 0 Å². The van der Waals surface area contributed by atoms with Gasteiger partial charge in [0.2, 0.25) is 5.91 Å². The normalized spacial score (nSPS) is 15.7. The van der Waals surface area contributed by atoms with Gasteiger partial charge in [-0.3, -0.25) is 4.79 Å². The van der Waals surface area contributed by atoms with Crippen molar-refractivity contribution in [2.24, 2.45) is 10.8 Å². The van der Waals surface area contributed by atoms with E-state index in [0.29, 0.717) is 19.4 Å². The van der Waals surface area contributed by atoms with Crippen molar-refractivity contribution in [3.8, 4) is 0 Å². The van der Waals surface area contributed by atoms with Crippen molar-refractivity contribution in [3.63, 3.8) is 0 Å². The summed E-state index contributed by atoms with van der Waals surface area (Å²) in [4.78, 5) is 11.0. The van der Waals surface area contributed by atoms with Crippen molar-refractivity contribution in [2.45, 2.75) is 32.2 Å². The van der Waals surface area contributed by atoms with Gasteiger partial charge in [0.1, 0.15) is 0 Å². The summed E-state index contributed by atoms with van der Waals surface area (Å²) in [5.41, 5.74) is 11.2. The van der Waals surface area contributed by atoms with E-state index in [0.717, 1.165) is 17.0 Å². The first-order valence-electron chi connectivity index (χ1n) is 6.43. The molecule has 0 unspecified atom stereocenters. The second kappa shape index (κ2) is 5.40. The van der Waals surface area contributed by atoms with Crippen LogP contribution in [-0.2, 0) is 4.79 Å². The second-order valence-electron chi connectivity index (χ2n) is 5.51. The van der Waals surface area contributed by atoms with Crippen LogP contribution in [0.25, 0.3) is 0 Å². The minimum Gasteiger partial charge on any atom is -0.383 e. The van der Waals surface area contributed by atoms with E-state index in [1.807, 2.05) is 38.1 Å². The molecule has 0 radical (unpaired) electrons.